The van der Waals surface area contributed by atoms with E-state index in [1.807, 2.05) is 48.5 Å². The average Bonchev–Trinajstić information content (AvgIpc) is 2.99. The van der Waals surface area contributed by atoms with Crippen LogP contribution in [0.15, 0.2) is 77.9 Å². The Bertz CT molecular complexity index is 980. The summed E-state index contributed by atoms with van der Waals surface area (Å²) >= 11 is 0. The molecular formula is C22H18N2O3. The van der Waals surface area contributed by atoms with Crippen LogP contribution < -0.4 is 10.2 Å². The van der Waals surface area contributed by atoms with E-state index < -0.39 is 11.5 Å². The van der Waals surface area contributed by atoms with Gasteiger partial charge >= 0.3 is 0 Å². The minimum absolute atomic E-state index is 0.559. The van der Waals surface area contributed by atoms with Gasteiger partial charge in [0.1, 0.15) is 5.75 Å². The molecule has 1 amide bonds. The Morgan fingerprint density at radius 3 is 2.07 bits per heavy atom. The maximum atomic E-state index is 12.9. The van der Waals surface area contributed by atoms with Crippen LogP contribution in [0.3, 0.4) is 0 Å². The molecular weight excluding hydrogens is 340 g/mol. The monoisotopic (exact) mass is 358 g/mol. The highest BCUT2D eigenvalue weighted by atomic mass is 16.5. The highest BCUT2D eigenvalue weighted by Gasteiger charge is 2.47. The van der Waals surface area contributed by atoms with Crippen LogP contribution in [0.5, 0.6) is 5.75 Å². The van der Waals surface area contributed by atoms with Crippen molar-refractivity contribution < 1.29 is 14.6 Å². The SMILES string of the molecule is COc1ccc(/C=N\NC(=O)C2(O)c3ccccc3-c3ccccc32)cc1. The fourth-order valence-corrected chi connectivity index (χ4v) is 3.39. The topological polar surface area (TPSA) is 70.9 Å². The number of methoxy groups -OCH3 is 1. The molecule has 0 aliphatic heterocycles. The number of benzene rings is 3. The number of nitrogens with zero attached hydrogens (tertiary/aromatic N) is 1. The number of carbonyl (C=O) groups excluding carboxylic acids is 1. The van der Waals surface area contributed by atoms with Crippen molar-refractivity contribution in [1.82, 2.24) is 5.43 Å². The molecule has 0 unspecified atom stereocenters. The van der Waals surface area contributed by atoms with Crippen molar-refractivity contribution in [3.8, 4) is 16.9 Å². The number of amides is 1. The van der Waals surface area contributed by atoms with E-state index in [1.54, 1.807) is 31.4 Å². The molecule has 27 heavy (non-hydrogen) atoms. The van der Waals surface area contributed by atoms with Crippen molar-refractivity contribution in [3.63, 3.8) is 0 Å². The lowest BCUT2D eigenvalue weighted by Crippen LogP contribution is -2.42. The molecule has 0 radical (unpaired) electrons. The van der Waals surface area contributed by atoms with Crippen LogP contribution in [0.2, 0.25) is 0 Å². The number of fused-ring (bicyclic) bond motifs is 3. The predicted octanol–water partition coefficient (Wildman–Crippen LogP) is 3.06. The van der Waals surface area contributed by atoms with E-state index in [0.717, 1.165) is 22.4 Å². The summed E-state index contributed by atoms with van der Waals surface area (Å²) in [6.45, 7) is 0. The summed E-state index contributed by atoms with van der Waals surface area (Å²) in [5.41, 5.74) is 4.32. The molecule has 0 spiro atoms. The van der Waals surface area contributed by atoms with Gasteiger partial charge in [0.15, 0.2) is 5.60 Å². The molecule has 0 saturated heterocycles. The zero-order chi connectivity index (χ0) is 18.9. The van der Waals surface area contributed by atoms with Crippen molar-refractivity contribution >= 4 is 12.1 Å². The Balaban J connectivity index is 1.62. The van der Waals surface area contributed by atoms with Gasteiger partial charge in [-0.25, -0.2) is 5.43 Å². The van der Waals surface area contributed by atoms with Gasteiger partial charge in [0.05, 0.1) is 13.3 Å². The lowest BCUT2D eigenvalue weighted by Gasteiger charge is -2.23. The highest BCUT2D eigenvalue weighted by Crippen LogP contribution is 2.47. The first kappa shape index (κ1) is 17.0. The molecule has 5 nitrogen and oxygen atoms in total. The Morgan fingerprint density at radius 1 is 0.963 bits per heavy atom. The summed E-state index contributed by atoms with van der Waals surface area (Å²) in [6.07, 6.45) is 1.52. The van der Waals surface area contributed by atoms with Crippen LogP contribution in [0.1, 0.15) is 16.7 Å². The first-order valence-electron chi connectivity index (χ1n) is 8.54. The number of hydrogen-bond acceptors (Lipinski definition) is 4. The van der Waals surface area contributed by atoms with Gasteiger partial charge in [-0.15, -0.1) is 0 Å². The van der Waals surface area contributed by atoms with E-state index in [-0.39, 0.29) is 0 Å². The van der Waals surface area contributed by atoms with Crippen LogP contribution >= 0.6 is 0 Å². The van der Waals surface area contributed by atoms with Crippen molar-refractivity contribution in [2.75, 3.05) is 7.11 Å². The minimum Gasteiger partial charge on any atom is -0.497 e. The average molecular weight is 358 g/mol. The van der Waals surface area contributed by atoms with Crippen LogP contribution in [0.4, 0.5) is 0 Å². The first-order valence-corrected chi connectivity index (χ1v) is 8.54. The van der Waals surface area contributed by atoms with E-state index in [0.29, 0.717) is 11.1 Å². The Morgan fingerprint density at radius 2 is 1.52 bits per heavy atom. The van der Waals surface area contributed by atoms with Crippen molar-refractivity contribution in [2.24, 2.45) is 5.10 Å². The minimum atomic E-state index is -1.77. The fraction of sp³-hybridized carbons (Fsp3) is 0.0909. The van der Waals surface area contributed by atoms with E-state index >= 15 is 0 Å². The maximum absolute atomic E-state index is 12.9. The first-order chi connectivity index (χ1) is 13.1. The second-order valence-corrected chi connectivity index (χ2v) is 6.27. The van der Waals surface area contributed by atoms with Gasteiger partial charge in [-0.1, -0.05) is 48.5 Å². The zero-order valence-electron chi connectivity index (χ0n) is 14.7. The number of ether oxygens (including phenoxy) is 1. The largest absolute Gasteiger partial charge is 0.497 e. The van der Waals surface area contributed by atoms with Gasteiger partial charge < -0.3 is 9.84 Å². The second kappa shape index (κ2) is 6.70. The predicted molar refractivity (Wildman–Crippen MR) is 104 cm³/mol. The number of rotatable bonds is 4. The summed E-state index contributed by atoms with van der Waals surface area (Å²) in [7, 11) is 1.60. The van der Waals surface area contributed by atoms with Gasteiger partial charge in [-0.2, -0.15) is 5.10 Å². The van der Waals surface area contributed by atoms with Gasteiger partial charge in [0.25, 0.3) is 5.91 Å². The molecule has 0 aromatic heterocycles. The summed E-state index contributed by atoms with van der Waals surface area (Å²) in [5.74, 6) is 0.148. The summed E-state index contributed by atoms with van der Waals surface area (Å²) < 4.78 is 5.11. The van der Waals surface area contributed by atoms with Crippen molar-refractivity contribution in [2.45, 2.75) is 5.60 Å². The lowest BCUT2D eigenvalue weighted by atomic mass is 9.91. The summed E-state index contributed by atoms with van der Waals surface area (Å²) in [4.78, 5) is 12.9. The van der Waals surface area contributed by atoms with E-state index in [9.17, 15) is 9.90 Å². The number of nitrogens with one attached hydrogen (secondary N) is 1. The van der Waals surface area contributed by atoms with Crippen LogP contribution in [-0.2, 0) is 10.4 Å². The smallest absolute Gasteiger partial charge is 0.281 e. The van der Waals surface area contributed by atoms with Crippen LogP contribution in [-0.4, -0.2) is 24.3 Å². The second-order valence-electron chi connectivity index (χ2n) is 6.27. The Labute approximate surface area is 156 Å². The van der Waals surface area contributed by atoms with Crippen LogP contribution in [0.25, 0.3) is 11.1 Å². The lowest BCUT2D eigenvalue weighted by molar-refractivity contribution is -0.136. The molecule has 3 aromatic rings. The molecule has 4 rings (SSSR count). The quantitative estimate of drug-likeness (QED) is 0.556. The highest BCUT2D eigenvalue weighted by molar-refractivity contribution is 5.99. The van der Waals surface area contributed by atoms with Crippen molar-refractivity contribution in [1.29, 1.82) is 0 Å². The molecule has 0 heterocycles. The molecule has 0 fully saturated rings. The molecule has 5 heteroatoms. The standard InChI is InChI=1S/C22H18N2O3/c1-27-16-12-10-15(11-13-16)14-23-24-21(25)22(26)19-8-4-2-6-17(19)18-7-3-5-9-20(18)22/h2-14,26H,1H3,(H,24,25)/b23-14-. The van der Waals surface area contributed by atoms with Gasteiger partial charge in [0, 0.05) is 11.1 Å². The van der Waals surface area contributed by atoms with Crippen LogP contribution in [0, 0.1) is 0 Å². The Kier molecular flexibility index (Phi) is 4.22. The van der Waals surface area contributed by atoms with E-state index in [1.165, 1.54) is 6.21 Å². The summed E-state index contributed by atoms with van der Waals surface area (Å²) in [5, 5.41) is 15.3. The molecule has 1 aliphatic rings. The molecule has 0 saturated carbocycles. The number of hydrogen-bond donors (Lipinski definition) is 2. The molecule has 134 valence electrons. The van der Waals surface area contributed by atoms with Gasteiger partial charge in [-0.3, -0.25) is 4.79 Å². The number of hydrazone groups is 1. The zero-order valence-corrected chi connectivity index (χ0v) is 14.7. The third-order valence-electron chi connectivity index (χ3n) is 4.75. The molecule has 0 atom stereocenters. The summed E-state index contributed by atoms with van der Waals surface area (Å²) in [6, 6.07) is 22.0. The van der Waals surface area contributed by atoms with E-state index in [2.05, 4.69) is 10.5 Å². The molecule has 3 aromatic carbocycles. The molecule has 0 bridgehead atoms. The van der Waals surface area contributed by atoms with Gasteiger partial charge in [-0.05, 0) is 41.0 Å². The fourth-order valence-electron chi connectivity index (χ4n) is 3.39. The third kappa shape index (κ3) is 2.78. The number of aliphatic hydroxyl groups is 1. The Hall–Kier alpha value is -3.44. The number of carbonyl (C=O) groups is 1. The maximum Gasteiger partial charge on any atom is 0.281 e. The normalized spacial score (nSPS) is 13.9. The molecule has 2 N–H and O–H groups in total. The van der Waals surface area contributed by atoms with Crippen molar-refractivity contribution in [3.05, 3.63) is 89.5 Å². The van der Waals surface area contributed by atoms with Gasteiger partial charge in [0.2, 0.25) is 0 Å². The molecule has 1 aliphatic carbocycles. The van der Waals surface area contributed by atoms with E-state index in [4.69, 9.17) is 4.74 Å². The third-order valence-corrected chi connectivity index (χ3v) is 4.75.